The molecule has 2 aliphatic heterocycles. The van der Waals surface area contributed by atoms with Crippen LogP contribution in [0.15, 0.2) is 59.1 Å². The molecular weight excluding hydrogens is 556 g/mol. The third-order valence-corrected chi connectivity index (χ3v) is 8.98. The first kappa shape index (κ1) is 28.2. The second-order valence-corrected chi connectivity index (χ2v) is 12.4. The largest absolute Gasteiger partial charge is 0.457 e. The van der Waals surface area contributed by atoms with Crippen LogP contribution in [0.1, 0.15) is 81.3 Å². The molecule has 44 heavy (non-hydrogen) atoms. The van der Waals surface area contributed by atoms with Gasteiger partial charge in [-0.15, -0.1) is 0 Å². The summed E-state index contributed by atoms with van der Waals surface area (Å²) in [5.41, 5.74) is 4.30. The number of amides is 2. The zero-order valence-electron chi connectivity index (χ0n) is 25.1. The minimum absolute atomic E-state index is 0.0680. The van der Waals surface area contributed by atoms with Gasteiger partial charge in [0, 0.05) is 61.1 Å². The lowest BCUT2D eigenvalue weighted by atomic mass is 9.92. The summed E-state index contributed by atoms with van der Waals surface area (Å²) in [5.74, 6) is 2.78. The first-order chi connectivity index (χ1) is 21.4. The van der Waals surface area contributed by atoms with Gasteiger partial charge >= 0.3 is 0 Å². The van der Waals surface area contributed by atoms with Gasteiger partial charge in [-0.2, -0.15) is 15.2 Å². The van der Waals surface area contributed by atoms with Gasteiger partial charge in [-0.05, 0) is 80.1 Å². The van der Waals surface area contributed by atoms with E-state index in [1.165, 1.54) is 6.42 Å². The molecule has 10 nitrogen and oxygen atoms in total. The SMILES string of the molecule is CC(C)c1ccc(-c2ccc(Oc3cc(-c4nc(C5CC(=O)N(C6CCC6)C5)no4)ccc3CN3CCCC3=O)cc2)nn1. The van der Waals surface area contributed by atoms with Crippen molar-refractivity contribution >= 4 is 11.8 Å². The van der Waals surface area contributed by atoms with Gasteiger partial charge in [0.2, 0.25) is 11.8 Å². The number of rotatable bonds is 9. The monoisotopic (exact) mass is 592 g/mol. The van der Waals surface area contributed by atoms with Crippen molar-refractivity contribution in [3.63, 3.8) is 0 Å². The molecule has 226 valence electrons. The molecule has 3 aliphatic rings. The lowest BCUT2D eigenvalue weighted by molar-refractivity contribution is -0.131. The van der Waals surface area contributed by atoms with E-state index in [1.807, 2.05) is 64.4 Å². The number of carbonyl (C=O) groups is 2. The summed E-state index contributed by atoms with van der Waals surface area (Å²) in [4.78, 5) is 33.6. The van der Waals surface area contributed by atoms with Crippen LogP contribution in [0.3, 0.4) is 0 Å². The second-order valence-electron chi connectivity index (χ2n) is 12.4. The normalized spacial score (nSPS) is 18.8. The fraction of sp³-hybridized carbons (Fsp3) is 0.412. The second kappa shape index (κ2) is 11.8. The summed E-state index contributed by atoms with van der Waals surface area (Å²) < 4.78 is 12.1. The fourth-order valence-electron chi connectivity index (χ4n) is 6.09. The number of nitrogens with zero attached hydrogens (tertiary/aromatic N) is 6. The van der Waals surface area contributed by atoms with Crippen molar-refractivity contribution in [2.24, 2.45) is 0 Å². The summed E-state index contributed by atoms with van der Waals surface area (Å²) in [6, 6.07) is 17.8. The average molecular weight is 593 g/mol. The van der Waals surface area contributed by atoms with Crippen LogP contribution in [0.5, 0.6) is 11.5 Å². The first-order valence-corrected chi connectivity index (χ1v) is 15.6. The molecule has 1 aliphatic carbocycles. The third-order valence-electron chi connectivity index (χ3n) is 8.98. The zero-order valence-corrected chi connectivity index (χ0v) is 25.1. The molecule has 2 aromatic carbocycles. The van der Waals surface area contributed by atoms with Gasteiger partial charge in [0.15, 0.2) is 5.82 Å². The van der Waals surface area contributed by atoms with E-state index in [2.05, 4.69) is 29.2 Å². The van der Waals surface area contributed by atoms with Crippen LogP contribution in [-0.2, 0) is 16.1 Å². The molecule has 0 radical (unpaired) electrons. The molecule has 3 fully saturated rings. The molecule has 2 saturated heterocycles. The lowest BCUT2D eigenvalue weighted by Gasteiger charge is -2.34. The third kappa shape index (κ3) is 5.68. The Morgan fingerprint density at radius 3 is 2.45 bits per heavy atom. The van der Waals surface area contributed by atoms with Gasteiger partial charge in [0.05, 0.1) is 11.4 Å². The van der Waals surface area contributed by atoms with Gasteiger partial charge in [-0.1, -0.05) is 25.1 Å². The maximum absolute atomic E-state index is 12.6. The summed E-state index contributed by atoms with van der Waals surface area (Å²) >= 11 is 0. The first-order valence-electron chi connectivity index (χ1n) is 15.6. The highest BCUT2D eigenvalue weighted by atomic mass is 16.5. The lowest BCUT2D eigenvalue weighted by Crippen LogP contribution is -2.40. The van der Waals surface area contributed by atoms with Crippen molar-refractivity contribution in [1.82, 2.24) is 30.1 Å². The molecular formula is C34H36N6O4. The predicted molar refractivity (Wildman–Crippen MR) is 163 cm³/mol. The van der Waals surface area contributed by atoms with Crippen molar-refractivity contribution < 1.29 is 18.8 Å². The number of ether oxygens (including phenoxy) is 1. The van der Waals surface area contributed by atoms with Crippen LogP contribution in [0.4, 0.5) is 0 Å². The molecule has 4 heterocycles. The molecule has 0 spiro atoms. The molecule has 1 saturated carbocycles. The Hall–Kier alpha value is -4.60. The highest BCUT2D eigenvalue weighted by Gasteiger charge is 2.39. The Balaban J connectivity index is 1.12. The molecule has 2 aromatic heterocycles. The van der Waals surface area contributed by atoms with E-state index < -0.39 is 0 Å². The Morgan fingerprint density at radius 2 is 1.77 bits per heavy atom. The minimum atomic E-state index is -0.0680. The van der Waals surface area contributed by atoms with Crippen molar-refractivity contribution in [3.05, 3.63) is 71.7 Å². The van der Waals surface area contributed by atoms with Gasteiger partial charge in [-0.3, -0.25) is 9.59 Å². The number of aromatic nitrogens is 4. The van der Waals surface area contributed by atoms with E-state index >= 15 is 0 Å². The van der Waals surface area contributed by atoms with E-state index in [9.17, 15) is 9.59 Å². The number of hydrogen-bond acceptors (Lipinski definition) is 8. The Morgan fingerprint density at radius 1 is 0.955 bits per heavy atom. The highest BCUT2D eigenvalue weighted by Crippen LogP contribution is 2.36. The molecule has 1 unspecified atom stereocenters. The van der Waals surface area contributed by atoms with Crippen molar-refractivity contribution in [2.75, 3.05) is 13.1 Å². The number of benzene rings is 2. The molecule has 1 atom stereocenters. The van der Waals surface area contributed by atoms with Gasteiger partial charge in [-0.25, -0.2) is 0 Å². The summed E-state index contributed by atoms with van der Waals surface area (Å²) in [7, 11) is 0. The Bertz CT molecular complexity index is 1660. The molecule has 4 aromatic rings. The minimum Gasteiger partial charge on any atom is -0.457 e. The van der Waals surface area contributed by atoms with E-state index in [0.717, 1.165) is 48.3 Å². The number of likely N-dealkylation sites (tertiary alicyclic amines) is 2. The summed E-state index contributed by atoms with van der Waals surface area (Å²) in [5, 5.41) is 13.0. The van der Waals surface area contributed by atoms with Crippen molar-refractivity contribution in [1.29, 1.82) is 0 Å². The molecule has 0 N–H and O–H groups in total. The maximum Gasteiger partial charge on any atom is 0.258 e. The summed E-state index contributed by atoms with van der Waals surface area (Å²) in [6.45, 7) is 6.02. The zero-order chi connectivity index (χ0) is 30.2. The van der Waals surface area contributed by atoms with Gasteiger partial charge in [0.1, 0.15) is 11.5 Å². The fourth-order valence-corrected chi connectivity index (χ4v) is 6.09. The van der Waals surface area contributed by atoms with Crippen LogP contribution in [0.25, 0.3) is 22.7 Å². The topological polar surface area (TPSA) is 115 Å². The predicted octanol–water partition coefficient (Wildman–Crippen LogP) is 6.10. The standard InChI is InChI=1S/C34H36N6O4/c1-21(2)28-14-15-29(37-36-28)22-10-12-27(13-11-22)43-30-17-23(8-9-24(30)19-39-16-4-7-31(39)41)34-35-33(38-44-34)25-18-32(42)40(20-25)26-5-3-6-26/h8-15,17,21,25-26H,3-7,16,18-20H2,1-2H3. The Kier molecular flexibility index (Phi) is 7.57. The summed E-state index contributed by atoms with van der Waals surface area (Å²) in [6.07, 6.45) is 5.19. The van der Waals surface area contributed by atoms with Crippen LogP contribution < -0.4 is 4.74 Å². The number of carbonyl (C=O) groups excluding carboxylic acids is 2. The van der Waals surface area contributed by atoms with E-state index in [-0.39, 0.29) is 17.7 Å². The molecule has 0 bridgehead atoms. The van der Waals surface area contributed by atoms with Crippen LogP contribution in [0, 0.1) is 0 Å². The van der Waals surface area contributed by atoms with Crippen molar-refractivity contribution in [3.8, 4) is 34.2 Å². The van der Waals surface area contributed by atoms with Crippen LogP contribution >= 0.6 is 0 Å². The maximum atomic E-state index is 12.6. The molecule has 7 rings (SSSR count). The van der Waals surface area contributed by atoms with Gasteiger partial charge < -0.3 is 19.1 Å². The van der Waals surface area contributed by atoms with Crippen LogP contribution in [0.2, 0.25) is 0 Å². The van der Waals surface area contributed by atoms with Gasteiger partial charge in [0.25, 0.3) is 5.89 Å². The molecule has 10 heteroatoms. The van der Waals surface area contributed by atoms with Crippen LogP contribution in [-0.4, -0.2) is 61.1 Å². The Labute approximate surface area is 256 Å². The van der Waals surface area contributed by atoms with E-state index in [1.54, 1.807) is 0 Å². The number of hydrogen-bond donors (Lipinski definition) is 0. The quantitative estimate of drug-likeness (QED) is 0.229. The van der Waals surface area contributed by atoms with Crippen molar-refractivity contribution in [2.45, 2.75) is 76.8 Å². The van der Waals surface area contributed by atoms with E-state index in [4.69, 9.17) is 14.2 Å². The average Bonchev–Trinajstić information content (AvgIpc) is 3.74. The highest BCUT2D eigenvalue weighted by molar-refractivity contribution is 5.80. The smallest absolute Gasteiger partial charge is 0.258 e. The molecule has 2 amide bonds. The van der Waals surface area contributed by atoms with E-state index in [0.29, 0.717) is 66.7 Å².